The van der Waals surface area contributed by atoms with Crippen LogP contribution < -0.4 is 10.1 Å². The van der Waals surface area contributed by atoms with Crippen LogP contribution in [0.15, 0.2) is 36.9 Å². The highest BCUT2D eigenvalue weighted by Crippen LogP contribution is 2.22. The maximum atomic E-state index is 5.20. The lowest BCUT2D eigenvalue weighted by Gasteiger charge is -2.25. The Balaban J connectivity index is 1.90. The van der Waals surface area contributed by atoms with Crippen LogP contribution in [-0.4, -0.2) is 34.0 Å². The van der Waals surface area contributed by atoms with E-state index in [1.807, 2.05) is 16.8 Å². The van der Waals surface area contributed by atoms with E-state index in [4.69, 9.17) is 4.74 Å². The molecule has 1 aromatic heterocycles. The Morgan fingerprint density at radius 3 is 2.48 bits per heavy atom. The summed E-state index contributed by atoms with van der Waals surface area (Å²) in [6, 6.07) is 8.99. The highest BCUT2D eigenvalue weighted by Gasteiger charge is 2.16. The number of aromatic nitrogens is 3. The molecule has 0 radical (unpaired) electrons. The van der Waals surface area contributed by atoms with E-state index < -0.39 is 0 Å². The normalized spacial score (nSPS) is 15.4. The van der Waals surface area contributed by atoms with E-state index in [2.05, 4.69) is 48.3 Å². The highest BCUT2D eigenvalue weighted by atomic mass is 16.5. The molecule has 0 aliphatic carbocycles. The molecule has 1 N–H and O–H groups in total. The monoisotopic (exact) mass is 288 g/mol. The van der Waals surface area contributed by atoms with E-state index in [1.165, 1.54) is 5.56 Å². The fourth-order valence-electron chi connectivity index (χ4n) is 2.45. The second kappa shape index (κ2) is 7.22. The zero-order chi connectivity index (χ0) is 15.2. The minimum atomic E-state index is 0.336. The predicted molar refractivity (Wildman–Crippen MR) is 83.5 cm³/mol. The SMILES string of the molecule is COc1ccc(C(C)C(C)NC(C)Cn2cncn2)cc1. The lowest BCUT2D eigenvalue weighted by atomic mass is 9.94. The van der Waals surface area contributed by atoms with Gasteiger partial charge in [0, 0.05) is 12.1 Å². The van der Waals surface area contributed by atoms with Gasteiger partial charge in [0.2, 0.25) is 0 Å². The van der Waals surface area contributed by atoms with E-state index in [1.54, 1.807) is 19.8 Å². The van der Waals surface area contributed by atoms with Gasteiger partial charge in [0.25, 0.3) is 0 Å². The average Bonchev–Trinajstić information content (AvgIpc) is 2.99. The Hall–Kier alpha value is -1.88. The summed E-state index contributed by atoms with van der Waals surface area (Å²) in [7, 11) is 1.69. The number of benzene rings is 1. The molecule has 1 heterocycles. The van der Waals surface area contributed by atoms with E-state index in [0.29, 0.717) is 18.0 Å². The first-order valence-electron chi connectivity index (χ1n) is 7.32. The molecule has 0 saturated heterocycles. The van der Waals surface area contributed by atoms with Crippen LogP contribution in [0, 0.1) is 0 Å². The van der Waals surface area contributed by atoms with E-state index in [0.717, 1.165) is 12.3 Å². The Morgan fingerprint density at radius 2 is 1.90 bits per heavy atom. The molecule has 5 heteroatoms. The second-order valence-corrected chi connectivity index (χ2v) is 5.54. The summed E-state index contributed by atoms with van der Waals surface area (Å²) < 4.78 is 7.05. The lowest BCUT2D eigenvalue weighted by molar-refractivity contribution is 0.379. The quantitative estimate of drug-likeness (QED) is 0.850. The Morgan fingerprint density at radius 1 is 1.19 bits per heavy atom. The summed E-state index contributed by atoms with van der Waals surface area (Å²) in [6.45, 7) is 7.44. The fraction of sp³-hybridized carbons (Fsp3) is 0.500. The van der Waals surface area contributed by atoms with Gasteiger partial charge in [0.15, 0.2) is 0 Å². The van der Waals surface area contributed by atoms with Crippen molar-refractivity contribution in [1.29, 1.82) is 0 Å². The summed E-state index contributed by atoms with van der Waals surface area (Å²) >= 11 is 0. The molecule has 2 aromatic rings. The smallest absolute Gasteiger partial charge is 0.137 e. The molecule has 114 valence electrons. The number of hydrogen-bond donors (Lipinski definition) is 1. The molecule has 0 amide bonds. The van der Waals surface area contributed by atoms with Gasteiger partial charge in [-0.05, 0) is 37.5 Å². The van der Waals surface area contributed by atoms with Crippen LogP contribution in [0.4, 0.5) is 0 Å². The van der Waals surface area contributed by atoms with Crippen LogP contribution in [0.25, 0.3) is 0 Å². The molecule has 1 aromatic carbocycles. The average molecular weight is 288 g/mol. The van der Waals surface area contributed by atoms with Gasteiger partial charge in [-0.2, -0.15) is 5.10 Å². The number of nitrogens with one attached hydrogen (secondary N) is 1. The molecule has 2 rings (SSSR count). The van der Waals surface area contributed by atoms with E-state index in [9.17, 15) is 0 Å². The van der Waals surface area contributed by atoms with Crippen LogP contribution in [0.1, 0.15) is 32.3 Å². The lowest BCUT2D eigenvalue weighted by Crippen LogP contribution is -2.40. The van der Waals surface area contributed by atoms with Gasteiger partial charge in [-0.25, -0.2) is 4.98 Å². The van der Waals surface area contributed by atoms with Gasteiger partial charge in [-0.15, -0.1) is 0 Å². The molecule has 0 saturated carbocycles. The third kappa shape index (κ3) is 4.29. The van der Waals surface area contributed by atoms with Gasteiger partial charge in [-0.3, -0.25) is 4.68 Å². The molecule has 5 nitrogen and oxygen atoms in total. The van der Waals surface area contributed by atoms with Crippen molar-refractivity contribution in [2.24, 2.45) is 0 Å². The Labute approximate surface area is 126 Å². The molecule has 0 spiro atoms. The van der Waals surface area contributed by atoms with Crippen molar-refractivity contribution >= 4 is 0 Å². The minimum Gasteiger partial charge on any atom is -0.497 e. The van der Waals surface area contributed by atoms with E-state index >= 15 is 0 Å². The van der Waals surface area contributed by atoms with Crippen molar-refractivity contribution in [1.82, 2.24) is 20.1 Å². The molecule has 21 heavy (non-hydrogen) atoms. The van der Waals surface area contributed by atoms with Gasteiger partial charge in [0.1, 0.15) is 18.4 Å². The maximum absolute atomic E-state index is 5.20. The number of rotatable bonds is 7. The van der Waals surface area contributed by atoms with Crippen LogP contribution in [0.2, 0.25) is 0 Å². The minimum absolute atomic E-state index is 0.336. The van der Waals surface area contributed by atoms with Crippen molar-refractivity contribution < 1.29 is 4.74 Å². The zero-order valence-corrected chi connectivity index (χ0v) is 13.2. The fourth-order valence-corrected chi connectivity index (χ4v) is 2.45. The largest absolute Gasteiger partial charge is 0.497 e. The molecule has 3 atom stereocenters. The molecular weight excluding hydrogens is 264 g/mol. The number of hydrogen-bond acceptors (Lipinski definition) is 4. The first kappa shape index (κ1) is 15.5. The summed E-state index contributed by atoms with van der Waals surface area (Å²) in [6.07, 6.45) is 3.31. The molecule has 3 unspecified atom stereocenters. The molecule has 0 aliphatic rings. The van der Waals surface area contributed by atoms with E-state index in [-0.39, 0.29) is 0 Å². The number of nitrogens with zero attached hydrogens (tertiary/aromatic N) is 3. The first-order valence-corrected chi connectivity index (χ1v) is 7.32. The summed E-state index contributed by atoms with van der Waals surface area (Å²) in [5.74, 6) is 1.32. The van der Waals surface area contributed by atoms with Crippen molar-refractivity contribution in [3.05, 3.63) is 42.5 Å². The van der Waals surface area contributed by atoms with Crippen molar-refractivity contribution in [2.75, 3.05) is 7.11 Å². The third-order valence-electron chi connectivity index (χ3n) is 3.87. The predicted octanol–water partition coefficient (Wildman–Crippen LogP) is 2.46. The van der Waals surface area contributed by atoms with Crippen LogP contribution >= 0.6 is 0 Å². The summed E-state index contributed by atoms with van der Waals surface area (Å²) in [4.78, 5) is 3.97. The van der Waals surface area contributed by atoms with Gasteiger partial charge >= 0.3 is 0 Å². The van der Waals surface area contributed by atoms with Gasteiger partial charge < -0.3 is 10.1 Å². The standard InChI is InChI=1S/C16H24N4O/c1-12(9-20-11-17-10-18-20)19-14(3)13(2)15-5-7-16(21-4)8-6-15/h5-8,10-14,19H,9H2,1-4H3. The third-order valence-corrected chi connectivity index (χ3v) is 3.87. The van der Waals surface area contributed by atoms with Crippen molar-refractivity contribution in [2.45, 2.75) is 45.3 Å². The second-order valence-electron chi connectivity index (χ2n) is 5.54. The van der Waals surface area contributed by atoms with Crippen molar-refractivity contribution in [3.63, 3.8) is 0 Å². The topological polar surface area (TPSA) is 52.0 Å². The van der Waals surface area contributed by atoms with Crippen LogP contribution in [0.5, 0.6) is 5.75 Å². The molecule has 0 fully saturated rings. The first-order chi connectivity index (χ1) is 10.1. The molecule has 0 aliphatic heterocycles. The number of ether oxygens (including phenoxy) is 1. The van der Waals surface area contributed by atoms with Crippen molar-refractivity contribution in [3.8, 4) is 5.75 Å². The molecular formula is C16H24N4O. The van der Waals surface area contributed by atoms with Gasteiger partial charge in [-0.1, -0.05) is 19.1 Å². The zero-order valence-electron chi connectivity index (χ0n) is 13.2. The van der Waals surface area contributed by atoms with Gasteiger partial charge in [0.05, 0.1) is 13.7 Å². The highest BCUT2D eigenvalue weighted by molar-refractivity contribution is 5.29. The molecule has 0 bridgehead atoms. The van der Waals surface area contributed by atoms with Crippen LogP contribution in [-0.2, 0) is 6.54 Å². The number of methoxy groups -OCH3 is 1. The van der Waals surface area contributed by atoms with Crippen LogP contribution in [0.3, 0.4) is 0 Å². The maximum Gasteiger partial charge on any atom is 0.137 e. The Kier molecular flexibility index (Phi) is 5.33. The Bertz CT molecular complexity index is 524. The summed E-state index contributed by atoms with van der Waals surface area (Å²) in [5, 5.41) is 7.76. The summed E-state index contributed by atoms with van der Waals surface area (Å²) in [5.41, 5.74) is 1.31.